The molecule has 2 N–H and O–H groups in total. The summed E-state index contributed by atoms with van der Waals surface area (Å²) in [5.41, 5.74) is 7.30. The standard InChI is InChI=1S/C14H21ClN2O/c1-9(2)17-8-7-11(16)14(17)13-10(15)5-4-6-12(13)18-3/h4-6,9,11,14H,7-8,16H2,1-3H3. The quantitative estimate of drug-likeness (QED) is 0.916. The van der Waals surface area contributed by atoms with Gasteiger partial charge in [0.1, 0.15) is 5.75 Å². The second-order valence-electron chi connectivity index (χ2n) is 5.08. The van der Waals surface area contributed by atoms with Crippen LogP contribution in [-0.2, 0) is 0 Å². The Kier molecular flexibility index (Phi) is 4.15. The highest BCUT2D eigenvalue weighted by molar-refractivity contribution is 6.31. The Bertz CT molecular complexity index is 422. The third-order valence-corrected chi connectivity index (χ3v) is 4.00. The number of nitrogens with zero attached hydrogens (tertiary/aromatic N) is 1. The molecular weight excluding hydrogens is 248 g/mol. The maximum absolute atomic E-state index is 6.36. The Morgan fingerprint density at radius 2 is 2.17 bits per heavy atom. The summed E-state index contributed by atoms with van der Waals surface area (Å²) < 4.78 is 5.45. The van der Waals surface area contributed by atoms with Crippen LogP contribution in [0.25, 0.3) is 0 Å². The lowest BCUT2D eigenvalue weighted by Gasteiger charge is -2.31. The van der Waals surface area contributed by atoms with Crippen LogP contribution < -0.4 is 10.5 Å². The van der Waals surface area contributed by atoms with Crippen molar-refractivity contribution in [3.05, 3.63) is 28.8 Å². The van der Waals surface area contributed by atoms with Gasteiger partial charge in [0.2, 0.25) is 0 Å². The fourth-order valence-corrected chi connectivity index (χ4v) is 3.06. The van der Waals surface area contributed by atoms with Crippen molar-refractivity contribution >= 4 is 11.6 Å². The minimum absolute atomic E-state index is 0.112. The van der Waals surface area contributed by atoms with Crippen LogP contribution in [-0.4, -0.2) is 30.6 Å². The van der Waals surface area contributed by atoms with Crippen molar-refractivity contribution in [2.45, 2.75) is 38.4 Å². The predicted molar refractivity (Wildman–Crippen MR) is 75.2 cm³/mol. The fourth-order valence-electron chi connectivity index (χ4n) is 2.78. The molecular formula is C14H21ClN2O. The third-order valence-electron chi connectivity index (χ3n) is 3.68. The van der Waals surface area contributed by atoms with Gasteiger partial charge in [-0.25, -0.2) is 0 Å². The first-order chi connectivity index (χ1) is 8.56. The van der Waals surface area contributed by atoms with Gasteiger partial charge in [-0.05, 0) is 32.4 Å². The Balaban J connectivity index is 2.45. The van der Waals surface area contributed by atoms with Gasteiger partial charge < -0.3 is 10.5 Å². The molecule has 2 atom stereocenters. The molecule has 1 aromatic carbocycles. The van der Waals surface area contributed by atoms with Crippen molar-refractivity contribution < 1.29 is 4.74 Å². The Morgan fingerprint density at radius 3 is 2.78 bits per heavy atom. The molecule has 0 radical (unpaired) electrons. The summed E-state index contributed by atoms with van der Waals surface area (Å²) in [6, 6.07) is 6.47. The highest BCUT2D eigenvalue weighted by Crippen LogP contribution is 2.41. The molecule has 2 rings (SSSR count). The SMILES string of the molecule is COc1cccc(Cl)c1C1C(N)CCN1C(C)C. The molecule has 2 unspecified atom stereocenters. The molecule has 3 nitrogen and oxygen atoms in total. The molecule has 1 aromatic rings. The van der Waals surface area contributed by atoms with Gasteiger partial charge in [-0.3, -0.25) is 4.90 Å². The molecule has 1 heterocycles. The second kappa shape index (κ2) is 5.47. The average molecular weight is 269 g/mol. The van der Waals surface area contributed by atoms with Gasteiger partial charge >= 0.3 is 0 Å². The van der Waals surface area contributed by atoms with Crippen LogP contribution >= 0.6 is 11.6 Å². The number of hydrogen-bond donors (Lipinski definition) is 1. The lowest BCUT2D eigenvalue weighted by molar-refractivity contribution is 0.195. The molecule has 1 aliphatic heterocycles. The van der Waals surface area contributed by atoms with Crippen molar-refractivity contribution in [2.75, 3.05) is 13.7 Å². The average Bonchev–Trinajstić information content (AvgIpc) is 2.71. The highest BCUT2D eigenvalue weighted by atomic mass is 35.5. The van der Waals surface area contributed by atoms with Crippen LogP contribution in [0.2, 0.25) is 5.02 Å². The maximum Gasteiger partial charge on any atom is 0.125 e. The maximum atomic E-state index is 6.36. The van der Waals surface area contributed by atoms with Crippen LogP contribution in [0, 0.1) is 0 Å². The van der Waals surface area contributed by atoms with E-state index in [-0.39, 0.29) is 12.1 Å². The molecule has 1 saturated heterocycles. The van der Waals surface area contributed by atoms with Gasteiger partial charge in [-0.1, -0.05) is 17.7 Å². The molecule has 0 bridgehead atoms. The van der Waals surface area contributed by atoms with E-state index in [9.17, 15) is 0 Å². The van der Waals surface area contributed by atoms with Gasteiger partial charge in [-0.15, -0.1) is 0 Å². The Hall–Kier alpha value is -0.770. The van der Waals surface area contributed by atoms with E-state index in [0.717, 1.165) is 29.3 Å². The summed E-state index contributed by atoms with van der Waals surface area (Å²) >= 11 is 6.36. The molecule has 18 heavy (non-hydrogen) atoms. The topological polar surface area (TPSA) is 38.5 Å². The molecule has 1 aliphatic rings. The number of nitrogens with two attached hydrogens (primary N) is 1. The number of methoxy groups -OCH3 is 1. The van der Waals surface area contributed by atoms with Crippen LogP contribution in [0.4, 0.5) is 0 Å². The van der Waals surface area contributed by atoms with Gasteiger partial charge in [0.15, 0.2) is 0 Å². The predicted octanol–water partition coefficient (Wildman–Crippen LogP) is 2.83. The van der Waals surface area contributed by atoms with Crippen LogP contribution in [0.15, 0.2) is 18.2 Å². The highest BCUT2D eigenvalue weighted by Gasteiger charge is 2.37. The van der Waals surface area contributed by atoms with Crippen LogP contribution in [0.3, 0.4) is 0 Å². The zero-order valence-electron chi connectivity index (χ0n) is 11.2. The summed E-state index contributed by atoms with van der Waals surface area (Å²) in [5, 5.41) is 0.738. The first-order valence-electron chi connectivity index (χ1n) is 6.40. The van der Waals surface area contributed by atoms with Crippen molar-refractivity contribution in [3.63, 3.8) is 0 Å². The minimum atomic E-state index is 0.112. The number of benzene rings is 1. The van der Waals surface area contributed by atoms with E-state index >= 15 is 0 Å². The van der Waals surface area contributed by atoms with Crippen molar-refractivity contribution in [3.8, 4) is 5.75 Å². The zero-order chi connectivity index (χ0) is 13.3. The van der Waals surface area contributed by atoms with E-state index < -0.39 is 0 Å². The van der Waals surface area contributed by atoms with Crippen molar-refractivity contribution in [1.29, 1.82) is 0 Å². The van der Waals surface area contributed by atoms with Gasteiger partial charge in [0.25, 0.3) is 0 Å². The number of ether oxygens (including phenoxy) is 1. The van der Waals surface area contributed by atoms with Crippen molar-refractivity contribution in [1.82, 2.24) is 4.90 Å². The molecule has 0 saturated carbocycles. The van der Waals surface area contributed by atoms with Gasteiger partial charge in [0, 0.05) is 29.2 Å². The second-order valence-corrected chi connectivity index (χ2v) is 5.49. The van der Waals surface area contributed by atoms with Crippen LogP contribution in [0.5, 0.6) is 5.75 Å². The monoisotopic (exact) mass is 268 g/mol. The zero-order valence-corrected chi connectivity index (χ0v) is 11.9. The number of hydrogen-bond acceptors (Lipinski definition) is 3. The van der Waals surface area contributed by atoms with E-state index in [1.54, 1.807) is 7.11 Å². The number of likely N-dealkylation sites (tertiary alicyclic amines) is 1. The van der Waals surface area contributed by atoms with E-state index in [0.29, 0.717) is 6.04 Å². The first-order valence-corrected chi connectivity index (χ1v) is 6.77. The van der Waals surface area contributed by atoms with E-state index in [2.05, 4.69) is 18.7 Å². The summed E-state index contributed by atoms with van der Waals surface area (Å²) in [4.78, 5) is 2.40. The smallest absolute Gasteiger partial charge is 0.125 e. The Labute approximate surface area is 114 Å². The van der Waals surface area contributed by atoms with E-state index in [1.807, 2.05) is 18.2 Å². The molecule has 100 valence electrons. The molecule has 0 spiro atoms. The number of halogens is 1. The lowest BCUT2D eigenvalue weighted by Crippen LogP contribution is -2.36. The molecule has 4 heteroatoms. The number of rotatable bonds is 3. The largest absolute Gasteiger partial charge is 0.496 e. The Morgan fingerprint density at radius 1 is 1.44 bits per heavy atom. The first kappa shape index (κ1) is 13.7. The van der Waals surface area contributed by atoms with Crippen molar-refractivity contribution in [2.24, 2.45) is 5.73 Å². The summed E-state index contributed by atoms with van der Waals surface area (Å²) in [6.07, 6.45) is 0.997. The van der Waals surface area contributed by atoms with E-state index in [1.165, 1.54) is 0 Å². The molecule has 1 fully saturated rings. The molecule has 0 aliphatic carbocycles. The normalized spacial score (nSPS) is 24.8. The summed E-state index contributed by atoms with van der Waals surface area (Å²) in [5.74, 6) is 0.829. The van der Waals surface area contributed by atoms with Gasteiger partial charge in [-0.2, -0.15) is 0 Å². The van der Waals surface area contributed by atoms with Gasteiger partial charge in [0.05, 0.1) is 13.2 Å². The fraction of sp³-hybridized carbons (Fsp3) is 0.571. The lowest BCUT2D eigenvalue weighted by atomic mass is 9.99. The summed E-state index contributed by atoms with van der Waals surface area (Å²) in [6.45, 7) is 5.39. The third kappa shape index (κ3) is 2.35. The minimum Gasteiger partial charge on any atom is -0.496 e. The summed E-state index contributed by atoms with van der Waals surface area (Å²) in [7, 11) is 1.68. The van der Waals surface area contributed by atoms with E-state index in [4.69, 9.17) is 22.1 Å². The molecule has 0 aromatic heterocycles. The molecule has 0 amide bonds. The van der Waals surface area contributed by atoms with Crippen LogP contribution in [0.1, 0.15) is 31.9 Å².